The summed E-state index contributed by atoms with van der Waals surface area (Å²) in [5.74, 6) is -0.123. The van der Waals surface area contributed by atoms with Gasteiger partial charge in [-0.15, -0.1) is 0 Å². The molecule has 0 saturated heterocycles. The summed E-state index contributed by atoms with van der Waals surface area (Å²) in [5.41, 5.74) is 2.05. The third-order valence-electron chi connectivity index (χ3n) is 5.08. The average Bonchev–Trinajstić information content (AvgIpc) is 2.74. The number of rotatable bonds is 10. The van der Waals surface area contributed by atoms with Gasteiger partial charge in [-0.3, -0.25) is 13.9 Å². The van der Waals surface area contributed by atoms with Crippen molar-refractivity contribution >= 4 is 27.5 Å². The zero-order chi connectivity index (χ0) is 24.8. The summed E-state index contributed by atoms with van der Waals surface area (Å²) >= 11 is 0. The molecule has 9 heteroatoms. The van der Waals surface area contributed by atoms with E-state index in [0.717, 1.165) is 21.7 Å². The second-order valence-corrected chi connectivity index (χ2v) is 10.2. The number of carbonyl (C=O) groups is 2. The van der Waals surface area contributed by atoms with E-state index in [-0.39, 0.29) is 18.5 Å². The van der Waals surface area contributed by atoms with Gasteiger partial charge < -0.3 is 15.0 Å². The van der Waals surface area contributed by atoms with Crippen LogP contribution in [-0.2, 0) is 26.2 Å². The maximum atomic E-state index is 13.4. The summed E-state index contributed by atoms with van der Waals surface area (Å²) < 4.78 is 31.3. The van der Waals surface area contributed by atoms with Crippen molar-refractivity contribution < 1.29 is 22.7 Å². The maximum absolute atomic E-state index is 13.4. The first-order valence-electron chi connectivity index (χ1n) is 10.7. The summed E-state index contributed by atoms with van der Waals surface area (Å²) in [7, 11) is -2.18. The fourth-order valence-electron chi connectivity index (χ4n) is 3.31. The molecule has 0 fully saturated rings. The van der Waals surface area contributed by atoms with E-state index >= 15 is 0 Å². The van der Waals surface area contributed by atoms with Crippen LogP contribution in [0.15, 0.2) is 48.5 Å². The number of nitrogens with zero attached hydrogens (tertiary/aromatic N) is 2. The van der Waals surface area contributed by atoms with E-state index in [1.54, 1.807) is 56.5 Å². The zero-order valence-corrected chi connectivity index (χ0v) is 20.8. The maximum Gasteiger partial charge on any atom is 0.244 e. The van der Waals surface area contributed by atoms with Crippen LogP contribution in [0.2, 0.25) is 0 Å². The second kappa shape index (κ2) is 11.2. The molecule has 0 saturated carbocycles. The van der Waals surface area contributed by atoms with E-state index in [1.807, 2.05) is 26.8 Å². The van der Waals surface area contributed by atoms with Gasteiger partial charge in [0, 0.05) is 12.6 Å². The van der Waals surface area contributed by atoms with Gasteiger partial charge in [0.15, 0.2) is 0 Å². The van der Waals surface area contributed by atoms with Crippen molar-refractivity contribution in [1.82, 2.24) is 10.2 Å². The standard InChI is InChI=1S/C24H33N3O5S/c1-17(2)25-24(29)19(4)26(15-20-10-12-22(32-5)13-11-20)23(28)16-27(33(6,30)31)21-9-7-8-18(3)14-21/h7-14,17,19H,15-16H2,1-6H3,(H,25,29). The minimum atomic E-state index is -3.74. The number of nitrogens with one attached hydrogen (secondary N) is 1. The SMILES string of the molecule is COc1ccc(CN(C(=O)CN(c2cccc(C)c2)S(C)(=O)=O)C(C)C(=O)NC(C)C)cc1. The highest BCUT2D eigenvalue weighted by Crippen LogP contribution is 2.21. The molecule has 1 N–H and O–H groups in total. The molecule has 1 atom stereocenters. The van der Waals surface area contributed by atoms with Crippen molar-refractivity contribution in [1.29, 1.82) is 0 Å². The topological polar surface area (TPSA) is 96.0 Å². The van der Waals surface area contributed by atoms with Crippen LogP contribution in [-0.4, -0.2) is 57.1 Å². The molecule has 2 amide bonds. The van der Waals surface area contributed by atoms with E-state index in [4.69, 9.17) is 4.74 Å². The molecule has 180 valence electrons. The molecule has 0 aliphatic rings. The van der Waals surface area contributed by atoms with Gasteiger partial charge in [0.1, 0.15) is 18.3 Å². The number of aryl methyl sites for hydroxylation is 1. The smallest absolute Gasteiger partial charge is 0.244 e. The van der Waals surface area contributed by atoms with Crippen molar-refractivity contribution in [2.45, 2.75) is 46.3 Å². The van der Waals surface area contributed by atoms with Crippen LogP contribution in [0.1, 0.15) is 31.9 Å². The number of methoxy groups -OCH3 is 1. The highest BCUT2D eigenvalue weighted by Gasteiger charge is 2.30. The number of benzene rings is 2. The van der Waals surface area contributed by atoms with Crippen LogP contribution >= 0.6 is 0 Å². The third-order valence-corrected chi connectivity index (χ3v) is 6.22. The van der Waals surface area contributed by atoms with Crippen LogP contribution in [0.25, 0.3) is 0 Å². The predicted molar refractivity (Wildman–Crippen MR) is 130 cm³/mol. The normalized spacial score (nSPS) is 12.2. The Labute approximate surface area is 196 Å². The number of anilines is 1. The average molecular weight is 476 g/mol. The Morgan fingerprint density at radius 3 is 2.21 bits per heavy atom. The van der Waals surface area contributed by atoms with Crippen LogP contribution < -0.4 is 14.4 Å². The van der Waals surface area contributed by atoms with Gasteiger partial charge in [0.25, 0.3) is 0 Å². The lowest BCUT2D eigenvalue weighted by Gasteiger charge is -2.32. The first-order chi connectivity index (χ1) is 15.4. The molecule has 0 heterocycles. The Hall–Kier alpha value is -3.07. The number of hydrogen-bond donors (Lipinski definition) is 1. The molecule has 0 aliphatic carbocycles. The molecule has 0 radical (unpaired) electrons. The molecule has 2 rings (SSSR count). The molecule has 1 unspecified atom stereocenters. The number of amides is 2. The highest BCUT2D eigenvalue weighted by molar-refractivity contribution is 7.92. The molecule has 0 aliphatic heterocycles. The quantitative estimate of drug-likeness (QED) is 0.570. The van der Waals surface area contributed by atoms with Crippen LogP contribution in [0.4, 0.5) is 5.69 Å². The zero-order valence-electron chi connectivity index (χ0n) is 20.0. The van der Waals surface area contributed by atoms with Gasteiger partial charge in [0.2, 0.25) is 21.8 Å². The fourth-order valence-corrected chi connectivity index (χ4v) is 4.15. The number of sulfonamides is 1. The Morgan fingerprint density at radius 1 is 1.06 bits per heavy atom. The van der Waals surface area contributed by atoms with E-state index in [0.29, 0.717) is 11.4 Å². The van der Waals surface area contributed by atoms with E-state index < -0.39 is 28.5 Å². The predicted octanol–water partition coefficient (Wildman–Crippen LogP) is 2.71. The van der Waals surface area contributed by atoms with E-state index in [9.17, 15) is 18.0 Å². The van der Waals surface area contributed by atoms with Gasteiger partial charge in [-0.25, -0.2) is 8.42 Å². The van der Waals surface area contributed by atoms with Crippen molar-refractivity contribution in [3.05, 3.63) is 59.7 Å². The molecule has 0 spiro atoms. The Balaban J connectivity index is 2.38. The van der Waals surface area contributed by atoms with Crippen molar-refractivity contribution in [2.24, 2.45) is 0 Å². The summed E-state index contributed by atoms with van der Waals surface area (Å²) in [6.45, 7) is 6.88. The molecular weight excluding hydrogens is 442 g/mol. The van der Waals surface area contributed by atoms with Gasteiger partial charge in [0.05, 0.1) is 19.1 Å². The van der Waals surface area contributed by atoms with Gasteiger partial charge in [-0.05, 0) is 63.1 Å². The minimum absolute atomic E-state index is 0.0994. The summed E-state index contributed by atoms with van der Waals surface area (Å²) in [6.07, 6.45) is 1.06. The highest BCUT2D eigenvalue weighted by atomic mass is 32.2. The molecule has 2 aromatic rings. The first-order valence-corrected chi connectivity index (χ1v) is 12.5. The number of ether oxygens (including phenoxy) is 1. The van der Waals surface area contributed by atoms with Crippen LogP contribution in [0.3, 0.4) is 0 Å². The minimum Gasteiger partial charge on any atom is -0.497 e. The van der Waals surface area contributed by atoms with Crippen molar-refractivity contribution in [3.8, 4) is 5.75 Å². The van der Waals surface area contributed by atoms with E-state index in [2.05, 4.69) is 5.32 Å². The molecule has 8 nitrogen and oxygen atoms in total. The monoisotopic (exact) mass is 475 g/mol. The van der Waals surface area contributed by atoms with Crippen molar-refractivity contribution in [2.75, 3.05) is 24.2 Å². The summed E-state index contributed by atoms with van der Waals surface area (Å²) in [5, 5.41) is 2.82. The van der Waals surface area contributed by atoms with Gasteiger partial charge in [-0.2, -0.15) is 0 Å². The summed E-state index contributed by atoms with van der Waals surface area (Å²) in [6, 6.07) is 13.2. The summed E-state index contributed by atoms with van der Waals surface area (Å²) in [4.78, 5) is 27.6. The molecule has 2 aromatic carbocycles. The Bertz CT molecular complexity index is 1070. The lowest BCUT2D eigenvalue weighted by molar-refractivity contribution is -0.139. The van der Waals surface area contributed by atoms with Crippen LogP contribution in [0, 0.1) is 6.92 Å². The van der Waals surface area contributed by atoms with Crippen LogP contribution in [0.5, 0.6) is 5.75 Å². The van der Waals surface area contributed by atoms with Crippen molar-refractivity contribution in [3.63, 3.8) is 0 Å². The van der Waals surface area contributed by atoms with E-state index in [1.165, 1.54) is 4.90 Å². The molecular formula is C24H33N3O5S. The Morgan fingerprint density at radius 2 is 1.70 bits per heavy atom. The number of carbonyl (C=O) groups excluding carboxylic acids is 2. The Kier molecular flexibility index (Phi) is 8.87. The number of hydrogen-bond acceptors (Lipinski definition) is 5. The molecule has 0 bridgehead atoms. The first kappa shape index (κ1) is 26.2. The molecule has 0 aromatic heterocycles. The second-order valence-electron chi connectivity index (χ2n) is 8.32. The lowest BCUT2D eigenvalue weighted by atomic mass is 10.1. The third kappa shape index (κ3) is 7.49. The van der Waals surface area contributed by atoms with Gasteiger partial charge in [-0.1, -0.05) is 24.3 Å². The lowest BCUT2D eigenvalue weighted by Crippen LogP contribution is -2.52. The van der Waals surface area contributed by atoms with Gasteiger partial charge >= 0.3 is 0 Å². The molecule has 33 heavy (non-hydrogen) atoms. The fraction of sp³-hybridized carbons (Fsp3) is 0.417. The largest absolute Gasteiger partial charge is 0.497 e.